The van der Waals surface area contributed by atoms with Gasteiger partial charge in [0.15, 0.2) is 11.6 Å². The van der Waals surface area contributed by atoms with Crippen molar-refractivity contribution in [2.45, 2.75) is 26.7 Å². The first-order valence-corrected chi connectivity index (χ1v) is 10.5. The molecule has 0 aliphatic carbocycles. The second kappa shape index (κ2) is 8.14. The molecule has 3 aromatic heterocycles. The Morgan fingerprint density at radius 2 is 2.14 bits per heavy atom. The molecule has 8 nitrogen and oxygen atoms in total. The molecule has 1 amide bonds. The molecule has 1 saturated heterocycles. The Hall–Kier alpha value is -2.68. The minimum absolute atomic E-state index is 0.0290. The van der Waals surface area contributed by atoms with Gasteiger partial charge >= 0.3 is 0 Å². The van der Waals surface area contributed by atoms with E-state index >= 15 is 0 Å². The zero-order chi connectivity index (χ0) is 19.5. The molecule has 28 heavy (non-hydrogen) atoms. The predicted octanol–water partition coefficient (Wildman–Crippen LogP) is 2.77. The number of hydrogen-bond acceptors (Lipinski definition) is 7. The predicted molar refractivity (Wildman–Crippen MR) is 107 cm³/mol. The number of rotatable bonds is 5. The van der Waals surface area contributed by atoms with Crippen LogP contribution in [0.15, 0.2) is 29.0 Å². The highest BCUT2D eigenvalue weighted by Gasteiger charge is 2.23. The molecule has 0 unspecified atom stereocenters. The summed E-state index contributed by atoms with van der Waals surface area (Å²) < 4.78 is 7.05. The van der Waals surface area contributed by atoms with Gasteiger partial charge in [-0.3, -0.25) is 4.79 Å². The van der Waals surface area contributed by atoms with Crippen molar-refractivity contribution in [3.8, 4) is 17.3 Å². The standard InChI is InChI=1S/C19H22N6O2S/c1-3-4-16-22-18(27-23-16)14-5-6-20-17(11-14)25-13(2)15(12-21-25)19(26)24-7-9-28-10-8-24/h5-6,11-12H,3-4,7-10H2,1-2H3. The van der Waals surface area contributed by atoms with E-state index in [0.29, 0.717) is 23.1 Å². The van der Waals surface area contributed by atoms with Gasteiger partial charge in [-0.15, -0.1) is 0 Å². The van der Waals surface area contributed by atoms with Crippen molar-refractivity contribution in [1.82, 2.24) is 29.8 Å². The van der Waals surface area contributed by atoms with Gasteiger partial charge in [0.1, 0.15) is 0 Å². The van der Waals surface area contributed by atoms with E-state index in [-0.39, 0.29) is 5.91 Å². The Labute approximate surface area is 167 Å². The number of thioether (sulfide) groups is 1. The van der Waals surface area contributed by atoms with Gasteiger partial charge in [0.2, 0.25) is 0 Å². The maximum Gasteiger partial charge on any atom is 0.258 e. The van der Waals surface area contributed by atoms with Crippen LogP contribution in [-0.2, 0) is 6.42 Å². The van der Waals surface area contributed by atoms with E-state index in [9.17, 15) is 4.79 Å². The van der Waals surface area contributed by atoms with E-state index in [1.165, 1.54) is 0 Å². The third kappa shape index (κ3) is 3.66. The Kier molecular flexibility index (Phi) is 5.43. The topological polar surface area (TPSA) is 89.9 Å². The maximum absolute atomic E-state index is 12.8. The molecule has 0 aromatic carbocycles. The lowest BCUT2D eigenvalue weighted by Gasteiger charge is -2.26. The minimum Gasteiger partial charge on any atom is -0.337 e. The molecule has 0 bridgehead atoms. The number of nitrogens with zero attached hydrogens (tertiary/aromatic N) is 6. The van der Waals surface area contributed by atoms with Crippen LogP contribution in [0.25, 0.3) is 17.3 Å². The first-order valence-electron chi connectivity index (χ1n) is 9.38. The van der Waals surface area contributed by atoms with Gasteiger partial charge in [0, 0.05) is 42.8 Å². The molecule has 1 fully saturated rings. The van der Waals surface area contributed by atoms with Crippen LogP contribution in [0, 0.1) is 6.92 Å². The number of aryl methyl sites for hydroxylation is 1. The summed E-state index contributed by atoms with van der Waals surface area (Å²) in [5.74, 6) is 3.75. The Morgan fingerprint density at radius 1 is 1.32 bits per heavy atom. The molecule has 3 aromatic rings. The molecule has 4 rings (SSSR count). The maximum atomic E-state index is 12.8. The van der Waals surface area contributed by atoms with Gasteiger partial charge < -0.3 is 9.42 Å². The Balaban J connectivity index is 1.61. The van der Waals surface area contributed by atoms with Crippen LogP contribution in [0.2, 0.25) is 0 Å². The number of hydrogen-bond donors (Lipinski definition) is 0. The van der Waals surface area contributed by atoms with E-state index in [1.54, 1.807) is 17.1 Å². The summed E-state index contributed by atoms with van der Waals surface area (Å²) in [5, 5.41) is 8.41. The minimum atomic E-state index is 0.0290. The summed E-state index contributed by atoms with van der Waals surface area (Å²) in [6.07, 6.45) is 5.04. The number of aromatic nitrogens is 5. The summed E-state index contributed by atoms with van der Waals surface area (Å²) in [6, 6.07) is 3.66. The molecule has 0 saturated carbocycles. The quantitative estimate of drug-likeness (QED) is 0.653. The van der Waals surface area contributed by atoms with Crippen LogP contribution in [0.1, 0.15) is 35.2 Å². The highest BCUT2D eigenvalue weighted by Crippen LogP contribution is 2.22. The van der Waals surface area contributed by atoms with E-state index in [0.717, 1.165) is 48.7 Å². The summed E-state index contributed by atoms with van der Waals surface area (Å²) >= 11 is 1.88. The number of amides is 1. The summed E-state index contributed by atoms with van der Waals surface area (Å²) in [6.45, 7) is 5.51. The summed E-state index contributed by atoms with van der Waals surface area (Å²) in [7, 11) is 0. The fraction of sp³-hybridized carbons (Fsp3) is 0.421. The highest BCUT2D eigenvalue weighted by atomic mass is 32.2. The van der Waals surface area contributed by atoms with Crippen molar-refractivity contribution in [3.05, 3.63) is 41.6 Å². The van der Waals surface area contributed by atoms with Gasteiger partial charge in [0.05, 0.1) is 17.5 Å². The third-order valence-electron chi connectivity index (χ3n) is 4.69. The number of carbonyl (C=O) groups excluding carboxylic acids is 1. The third-order valence-corrected chi connectivity index (χ3v) is 5.63. The molecular formula is C19H22N6O2S. The normalized spacial score (nSPS) is 14.4. The molecule has 9 heteroatoms. The van der Waals surface area contributed by atoms with Crippen LogP contribution >= 0.6 is 11.8 Å². The summed E-state index contributed by atoms with van der Waals surface area (Å²) in [4.78, 5) is 23.5. The van der Waals surface area contributed by atoms with Crippen molar-refractivity contribution in [1.29, 1.82) is 0 Å². The molecule has 0 radical (unpaired) electrons. The van der Waals surface area contributed by atoms with Gasteiger partial charge in [-0.25, -0.2) is 9.67 Å². The van der Waals surface area contributed by atoms with Crippen LogP contribution < -0.4 is 0 Å². The largest absolute Gasteiger partial charge is 0.337 e. The fourth-order valence-corrected chi connectivity index (χ4v) is 4.05. The van der Waals surface area contributed by atoms with Crippen molar-refractivity contribution < 1.29 is 9.32 Å². The summed E-state index contributed by atoms with van der Waals surface area (Å²) in [5.41, 5.74) is 2.16. The molecule has 0 atom stereocenters. The zero-order valence-electron chi connectivity index (χ0n) is 16.0. The monoisotopic (exact) mass is 398 g/mol. The van der Waals surface area contributed by atoms with Gasteiger partial charge in [-0.2, -0.15) is 21.8 Å². The van der Waals surface area contributed by atoms with Crippen LogP contribution in [0.3, 0.4) is 0 Å². The SMILES string of the molecule is CCCc1noc(-c2ccnc(-n3ncc(C(=O)N4CCSCC4)c3C)c2)n1. The van der Waals surface area contributed by atoms with Crippen LogP contribution in [-0.4, -0.2) is 60.3 Å². The van der Waals surface area contributed by atoms with Crippen molar-refractivity contribution >= 4 is 17.7 Å². The molecule has 4 heterocycles. The van der Waals surface area contributed by atoms with E-state index < -0.39 is 0 Å². The van der Waals surface area contributed by atoms with E-state index in [1.807, 2.05) is 35.7 Å². The molecule has 0 N–H and O–H groups in total. The lowest BCUT2D eigenvalue weighted by Crippen LogP contribution is -2.38. The average molecular weight is 398 g/mol. The van der Waals surface area contributed by atoms with Crippen molar-refractivity contribution in [2.24, 2.45) is 0 Å². The Morgan fingerprint density at radius 3 is 2.93 bits per heavy atom. The zero-order valence-corrected chi connectivity index (χ0v) is 16.8. The lowest BCUT2D eigenvalue weighted by molar-refractivity contribution is 0.0771. The Bertz CT molecular complexity index is 976. The molecule has 0 spiro atoms. The number of pyridine rings is 1. The smallest absolute Gasteiger partial charge is 0.258 e. The number of carbonyl (C=O) groups is 1. The second-order valence-corrected chi connectivity index (χ2v) is 7.85. The first kappa shape index (κ1) is 18.7. The lowest BCUT2D eigenvalue weighted by atomic mass is 10.2. The second-order valence-electron chi connectivity index (χ2n) is 6.63. The van der Waals surface area contributed by atoms with Gasteiger partial charge in [-0.1, -0.05) is 12.1 Å². The fourth-order valence-electron chi connectivity index (χ4n) is 3.15. The van der Waals surface area contributed by atoms with Gasteiger partial charge in [0.25, 0.3) is 11.8 Å². The van der Waals surface area contributed by atoms with E-state index in [2.05, 4.69) is 27.1 Å². The highest BCUT2D eigenvalue weighted by molar-refractivity contribution is 7.99. The molecular weight excluding hydrogens is 376 g/mol. The first-order chi connectivity index (χ1) is 13.7. The molecule has 1 aliphatic heterocycles. The van der Waals surface area contributed by atoms with Crippen molar-refractivity contribution in [2.75, 3.05) is 24.6 Å². The van der Waals surface area contributed by atoms with Crippen LogP contribution in [0.5, 0.6) is 0 Å². The average Bonchev–Trinajstić information content (AvgIpc) is 3.35. The molecule has 1 aliphatic rings. The van der Waals surface area contributed by atoms with E-state index in [4.69, 9.17) is 4.52 Å². The molecule has 146 valence electrons. The van der Waals surface area contributed by atoms with Crippen LogP contribution in [0.4, 0.5) is 0 Å². The van der Waals surface area contributed by atoms with Gasteiger partial charge in [-0.05, 0) is 25.5 Å². The van der Waals surface area contributed by atoms with Crippen molar-refractivity contribution in [3.63, 3.8) is 0 Å².